The standard InChI is InChI=1S/C24H20N2O5/c27-19(25-17-6-2-1-3-7-17)13-31-24(30)16-5-4-8-18(12-16)26-22(28)20-14-9-10-15(11-14)21(20)23(26)29/h1-10,12,14-15,20-21H,11,13H2,(H,25,27)/t14-,15+,20-,21+. The lowest BCUT2D eigenvalue weighted by Gasteiger charge is -2.18. The fourth-order valence-corrected chi connectivity index (χ4v) is 4.86. The van der Waals surface area contributed by atoms with E-state index in [4.69, 9.17) is 4.74 Å². The van der Waals surface area contributed by atoms with Crippen LogP contribution in [0.15, 0.2) is 66.7 Å². The van der Waals surface area contributed by atoms with Gasteiger partial charge in [0.05, 0.1) is 23.1 Å². The number of anilines is 2. The number of carbonyl (C=O) groups is 4. The Morgan fingerprint density at radius 3 is 2.29 bits per heavy atom. The average molecular weight is 416 g/mol. The minimum Gasteiger partial charge on any atom is -0.452 e. The van der Waals surface area contributed by atoms with E-state index in [0.29, 0.717) is 11.4 Å². The zero-order valence-corrected chi connectivity index (χ0v) is 16.6. The zero-order chi connectivity index (χ0) is 21.5. The van der Waals surface area contributed by atoms with E-state index in [9.17, 15) is 19.2 Å². The molecule has 2 fully saturated rings. The highest BCUT2D eigenvalue weighted by molar-refractivity contribution is 6.23. The monoisotopic (exact) mass is 416 g/mol. The molecular weight excluding hydrogens is 396 g/mol. The minimum atomic E-state index is -0.703. The van der Waals surface area contributed by atoms with E-state index in [-0.39, 0.29) is 41.0 Å². The number of amides is 3. The highest BCUT2D eigenvalue weighted by Crippen LogP contribution is 2.53. The third-order valence-corrected chi connectivity index (χ3v) is 6.20. The van der Waals surface area contributed by atoms with E-state index in [2.05, 4.69) is 5.32 Å². The van der Waals surface area contributed by atoms with Crippen LogP contribution in [0.2, 0.25) is 0 Å². The number of ether oxygens (including phenoxy) is 1. The summed E-state index contributed by atoms with van der Waals surface area (Å²) in [6.45, 7) is -0.446. The summed E-state index contributed by atoms with van der Waals surface area (Å²) >= 11 is 0. The first-order chi connectivity index (χ1) is 15.0. The van der Waals surface area contributed by atoms with Crippen molar-refractivity contribution in [2.24, 2.45) is 23.7 Å². The number of allylic oxidation sites excluding steroid dienone is 2. The van der Waals surface area contributed by atoms with Crippen LogP contribution in [0, 0.1) is 23.7 Å². The van der Waals surface area contributed by atoms with E-state index in [1.807, 2.05) is 18.2 Å². The predicted octanol–water partition coefficient (Wildman–Crippen LogP) is 2.79. The van der Waals surface area contributed by atoms with Gasteiger partial charge >= 0.3 is 5.97 Å². The smallest absolute Gasteiger partial charge is 0.338 e. The van der Waals surface area contributed by atoms with Crippen LogP contribution in [0.5, 0.6) is 0 Å². The molecule has 1 saturated heterocycles. The van der Waals surface area contributed by atoms with Gasteiger partial charge in [0.15, 0.2) is 6.61 Å². The maximum absolute atomic E-state index is 13.0. The normalized spacial score (nSPS) is 25.6. The first-order valence-electron chi connectivity index (χ1n) is 10.2. The highest BCUT2D eigenvalue weighted by atomic mass is 16.5. The summed E-state index contributed by atoms with van der Waals surface area (Å²) in [4.78, 5) is 51.6. The van der Waals surface area contributed by atoms with Crippen molar-refractivity contribution in [3.05, 3.63) is 72.3 Å². The van der Waals surface area contributed by atoms with Crippen LogP contribution >= 0.6 is 0 Å². The molecule has 1 aliphatic heterocycles. The zero-order valence-electron chi connectivity index (χ0n) is 16.6. The largest absolute Gasteiger partial charge is 0.452 e. The van der Waals surface area contributed by atoms with Gasteiger partial charge in [-0.15, -0.1) is 0 Å². The van der Waals surface area contributed by atoms with Crippen LogP contribution in [0.25, 0.3) is 0 Å². The second kappa shape index (κ2) is 7.50. The molecule has 5 rings (SSSR count). The third kappa shape index (κ3) is 3.32. The summed E-state index contributed by atoms with van der Waals surface area (Å²) in [6, 6.07) is 15.1. The molecular formula is C24H20N2O5. The van der Waals surface area contributed by atoms with Gasteiger partial charge in [-0.1, -0.05) is 36.4 Å². The van der Waals surface area contributed by atoms with E-state index in [1.165, 1.54) is 17.0 Å². The number of rotatable bonds is 5. The molecule has 3 aliphatic rings. The number of nitrogens with zero attached hydrogens (tertiary/aromatic N) is 1. The van der Waals surface area contributed by atoms with Crippen LogP contribution < -0.4 is 10.2 Å². The number of hydrogen-bond acceptors (Lipinski definition) is 5. The van der Waals surface area contributed by atoms with Crippen LogP contribution in [-0.4, -0.2) is 30.3 Å². The van der Waals surface area contributed by atoms with E-state index in [0.717, 1.165) is 6.42 Å². The van der Waals surface area contributed by atoms with Crippen molar-refractivity contribution < 1.29 is 23.9 Å². The van der Waals surface area contributed by atoms with Crippen LogP contribution in [-0.2, 0) is 19.1 Å². The Kier molecular flexibility index (Phi) is 4.66. The third-order valence-electron chi connectivity index (χ3n) is 6.20. The maximum atomic E-state index is 13.0. The summed E-state index contributed by atoms with van der Waals surface area (Å²) in [5, 5.41) is 2.63. The van der Waals surface area contributed by atoms with Gasteiger partial charge in [-0.2, -0.15) is 0 Å². The van der Waals surface area contributed by atoms with Crippen molar-refractivity contribution >= 4 is 35.1 Å². The van der Waals surface area contributed by atoms with E-state index in [1.54, 1.807) is 36.4 Å². The van der Waals surface area contributed by atoms with E-state index < -0.39 is 18.5 Å². The topological polar surface area (TPSA) is 92.8 Å². The molecule has 1 saturated carbocycles. The Morgan fingerprint density at radius 2 is 1.61 bits per heavy atom. The molecule has 31 heavy (non-hydrogen) atoms. The maximum Gasteiger partial charge on any atom is 0.338 e. The number of para-hydroxylation sites is 1. The van der Waals surface area contributed by atoms with Crippen molar-refractivity contribution in [2.75, 3.05) is 16.8 Å². The summed E-state index contributed by atoms with van der Waals surface area (Å²) in [7, 11) is 0. The Morgan fingerprint density at radius 1 is 0.935 bits per heavy atom. The fourth-order valence-electron chi connectivity index (χ4n) is 4.86. The molecule has 2 aromatic carbocycles. The van der Waals surface area contributed by atoms with Crippen LogP contribution in [0.3, 0.4) is 0 Å². The van der Waals surface area contributed by atoms with Crippen molar-refractivity contribution in [3.8, 4) is 0 Å². The Hall–Kier alpha value is -3.74. The van der Waals surface area contributed by atoms with Crippen molar-refractivity contribution in [3.63, 3.8) is 0 Å². The van der Waals surface area contributed by atoms with Crippen molar-refractivity contribution in [2.45, 2.75) is 6.42 Å². The molecule has 0 aromatic heterocycles. The van der Waals surface area contributed by atoms with Crippen molar-refractivity contribution in [1.29, 1.82) is 0 Å². The molecule has 7 heteroatoms. The molecule has 1 heterocycles. The van der Waals surface area contributed by atoms with E-state index >= 15 is 0 Å². The summed E-state index contributed by atoms with van der Waals surface area (Å²) < 4.78 is 5.10. The Balaban J connectivity index is 1.26. The van der Waals surface area contributed by atoms with Gasteiger partial charge in [-0.05, 0) is 48.6 Å². The number of imide groups is 1. The molecule has 2 bridgehead atoms. The highest BCUT2D eigenvalue weighted by Gasteiger charge is 2.59. The molecule has 7 nitrogen and oxygen atoms in total. The number of hydrogen-bond donors (Lipinski definition) is 1. The van der Waals surface area contributed by atoms with Gasteiger partial charge in [0.2, 0.25) is 11.8 Å². The van der Waals surface area contributed by atoms with Gasteiger partial charge in [0.25, 0.3) is 5.91 Å². The predicted molar refractivity (Wildman–Crippen MR) is 112 cm³/mol. The molecule has 2 aliphatic carbocycles. The second-order valence-corrected chi connectivity index (χ2v) is 8.05. The average Bonchev–Trinajstić information content (AvgIpc) is 3.46. The number of esters is 1. The van der Waals surface area contributed by atoms with Gasteiger partial charge < -0.3 is 10.1 Å². The Labute approximate surface area is 178 Å². The summed E-state index contributed by atoms with van der Waals surface area (Å²) in [5.41, 5.74) is 1.13. The molecule has 1 N–H and O–H groups in total. The molecule has 0 radical (unpaired) electrons. The summed E-state index contributed by atoms with van der Waals surface area (Å²) in [6.07, 6.45) is 4.93. The second-order valence-electron chi connectivity index (χ2n) is 8.05. The van der Waals surface area contributed by atoms with Crippen LogP contribution in [0.1, 0.15) is 16.8 Å². The number of benzene rings is 2. The Bertz CT molecular complexity index is 1080. The van der Waals surface area contributed by atoms with Gasteiger partial charge in [-0.25, -0.2) is 9.69 Å². The minimum absolute atomic E-state index is 0.118. The first kappa shape index (κ1) is 19.2. The molecule has 4 atom stereocenters. The lowest BCUT2D eigenvalue weighted by molar-refractivity contribution is -0.123. The molecule has 0 unspecified atom stereocenters. The first-order valence-corrected chi connectivity index (χ1v) is 10.2. The van der Waals surface area contributed by atoms with Gasteiger partial charge in [-0.3, -0.25) is 14.4 Å². The number of fused-ring (bicyclic) bond motifs is 5. The SMILES string of the molecule is O=C(COC(=O)c1cccc(N2C(=O)[C@@H]3[C@H](C2=O)[C@@H]2C=C[C@H]3C2)c1)Nc1ccccc1. The molecule has 2 aromatic rings. The van der Waals surface area contributed by atoms with Gasteiger partial charge in [0.1, 0.15) is 0 Å². The lowest BCUT2D eigenvalue weighted by atomic mass is 9.85. The van der Waals surface area contributed by atoms with Gasteiger partial charge in [0, 0.05) is 5.69 Å². The quantitative estimate of drug-likeness (QED) is 0.460. The van der Waals surface area contributed by atoms with Crippen molar-refractivity contribution in [1.82, 2.24) is 0 Å². The summed E-state index contributed by atoms with van der Waals surface area (Å²) in [5.74, 6) is -1.96. The molecule has 0 spiro atoms. The number of nitrogens with one attached hydrogen (secondary N) is 1. The number of carbonyl (C=O) groups excluding carboxylic acids is 4. The molecule has 3 amide bonds. The lowest BCUT2D eigenvalue weighted by Crippen LogP contribution is -2.33. The fraction of sp³-hybridized carbons (Fsp3) is 0.250. The van der Waals surface area contributed by atoms with Crippen LogP contribution in [0.4, 0.5) is 11.4 Å². The molecule has 156 valence electrons.